The summed E-state index contributed by atoms with van der Waals surface area (Å²) in [5.74, 6) is -0.0855. The third-order valence-corrected chi connectivity index (χ3v) is 6.81. The number of para-hydroxylation sites is 2. The molecule has 160 valence electrons. The zero-order chi connectivity index (χ0) is 21.7. The van der Waals surface area contributed by atoms with Crippen LogP contribution in [0.2, 0.25) is 0 Å². The van der Waals surface area contributed by atoms with Crippen LogP contribution in [0.5, 0.6) is 0 Å². The van der Waals surface area contributed by atoms with E-state index in [0.29, 0.717) is 37.5 Å². The molecule has 1 spiro atoms. The number of benzene rings is 2. The van der Waals surface area contributed by atoms with Gasteiger partial charge in [0, 0.05) is 31.0 Å². The Kier molecular flexibility index (Phi) is 5.99. The summed E-state index contributed by atoms with van der Waals surface area (Å²) in [5, 5.41) is 15.5. The van der Waals surface area contributed by atoms with E-state index >= 15 is 0 Å². The van der Waals surface area contributed by atoms with E-state index in [9.17, 15) is 8.42 Å². The summed E-state index contributed by atoms with van der Waals surface area (Å²) in [6.07, 6.45) is 1.41. The molecule has 2 aliphatic rings. The second-order valence-corrected chi connectivity index (χ2v) is 9.18. The average molecular weight is 440 g/mol. The van der Waals surface area contributed by atoms with Crippen LogP contribution in [-0.4, -0.2) is 38.9 Å². The highest BCUT2D eigenvalue weighted by atomic mass is 32.2. The third kappa shape index (κ3) is 4.43. The Labute approximate surface area is 179 Å². The number of nitrogens with zero attached hydrogens (tertiary/aromatic N) is 6. The number of aliphatic imine (C=N–C) groups is 1. The summed E-state index contributed by atoms with van der Waals surface area (Å²) in [6.45, 7) is 1.23. The smallest absolute Gasteiger partial charge is 0.184 e. The molecule has 11 heteroatoms. The SMILES string of the molecule is [N-]=[N+]=NCS(=O)(=O)c1ccccc1CN=NC1=Nc2ccccc2NC12CCOCC2. The van der Waals surface area contributed by atoms with Crippen LogP contribution in [0.4, 0.5) is 11.4 Å². The standard InChI is InChI=1S/C20H21N7O3S/c21-27-23-14-31(28,29)18-8-4-1-5-15(18)13-22-26-19-20(9-11-30-12-10-20)25-17-7-3-2-6-16(17)24-19/h1-8,25H,9-14H2. The van der Waals surface area contributed by atoms with Gasteiger partial charge in [-0.3, -0.25) is 0 Å². The van der Waals surface area contributed by atoms with Crippen molar-refractivity contribution in [2.45, 2.75) is 29.8 Å². The molecule has 0 radical (unpaired) electrons. The van der Waals surface area contributed by atoms with Crippen molar-refractivity contribution in [1.82, 2.24) is 0 Å². The number of rotatable bonds is 5. The molecule has 0 atom stereocenters. The number of sulfone groups is 1. The summed E-state index contributed by atoms with van der Waals surface area (Å²) >= 11 is 0. The summed E-state index contributed by atoms with van der Waals surface area (Å²) in [4.78, 5) is 7.35. The maximum Gasteiger partial charge on any atom is 0.184 e. The van der Waals surface area contributed by atoms with Crippen molar-refractivity contribution < 1.29 is 13.2 Å². The van der Waals surface area contributed by atoms with Crippen LogP contribution in [0.1, 0.15) is 18.4 Å². The first-order valence-corrected chi connectivity index (χ1v) is 11.4. The lowest BCUT2D eigenvalue weighted by atomic mass is 9.87. The number of fused-ring (bicyclic) bond motifs is 1. The number of anilines is 1. The quantitative estimate of drug-likeness (QED) is 0.419. The Hall–Kier alpha value is -3.27. The van der Waals surface area contributed by atoms with Gasteiger partial charge in [0.2, 0.25) is 0 Å². The molecule has 0 bridgehead atoms. The summed E-state index contributed by atoms with van der Waals surface area (Å²) in [5.41, 5.74) is 10.2. The van der Waals surface area contributed by atoms with Crippen molar-refractivity contribution in [2.24, 2.45) is 20.3 Å². The van der Waals surface area contributed by atoms with Gasteiger partial charge in [0.05, 0.1) is 22.8 Å². The van der Waals surface area contributed by atoms with Crippen molar-refractivity contribution in [1.29, 1.82) is 0 Å². The van der Waals surface area contributed by atoms with Gasteiger partial charge in [0.15, 0.2) is 15.7 Å². The minimum absolute atomic E-state index is 0.0545. The molecule has 1 N–H and O–H groups in total. The van der Waals surface area contributed by atoms with Gasteiger partial charge in [0.25, 0.3) is 0 Å². The van der Waals surface area contributed by atoms with Crippen LogP contribution < -0.4 is 5.32 Å². The first-order valence-electron chi connectivity index (χ1n) is 9.77. The lowest BCUT2D eigenvalue weighted by Gasteiger charge is -2.40. The number of amidine groups is 1. The van der Waals surface area contributed by atoms with E-state index in [4.69, 9.17) is 15.3 Å². The minimum Gasteiger partial charge on any atom is -0.381 e. The number of azo groups is 1. The maximum atomic E-state index is 12.5. The number of azide groups is 1. The Balaban J connectivity index is 1.63. The van der Waals surface area contributed by atoms with Crippen LogP contribution in [0.25, 0.3) is 10.4 Å². The lowest BCUT2D eigenvalue weighted by molar-refractivity contribution is 0.0776. The van der Waals surface area contributed by atoms with E-state index in [1.165, 1.54) is 6.07 Å². The Morgan fingerprint density at radius 1 is 1.13 bits per heavy atom. The predicted molar refractivity (Wildman–Crippen MR) is 116 cm³/mol. The van der Waals surface area contributed by atoms with E-state index in [-0.39, 0.29) is 11.4 Å². The fourth-order valence-electron chi connectivity index (χ4n) is 3.69. The van der Waals surface area contributed by atoms with Gasteiger partial charge < -0.3 is 10.1 Å². The monoisotopic (exact) mass is 439 g/mol. The second kappa shape index (κ2) is 8.84. The molecule has 31 heavy (non-hydrogen) atoms. The van der Waals surface area contributed by atoms with Gasteiger partial charge >= 0.3 is 0 Å². The fourth-order valence-corrected chi connectivity index (χ4v) is 4.85. The topological polar surface area (TPSA) is 141 Å². The zero-order valence-electron chi connectivity index (χ0n) is 16.7. The van der Waals surface area contributed by atoms with Crippen molar-refractivity contribution in [3.05, 3.63) is 64.5 Å². The molecular weight excluding hydrogens is 418 g/mol. The minimum atomic E-state index is -3.76. The molecule has 2 aromatic carbocycles. The Bertz CT molecular complexity index is 1180. The summed E-state index contributed by atoms with van der Waals surface area (Å²) in [7, 11) is -3.76. The highest BCUT2D eigenvalue weighted by Gasteiger charge is 2.41. The molecule has 1 saturated heterocycles. The molecule has 0 unspecified atom stereocenters. The molecule has 0 saturated carbocycles. The largest absolute Gasteiger partial charge is 0.381 e. The predicted octanol–water partition coefficient (Wildman–Crippen LogP) is 4.39. The van der Waals surface area contributed by atoms with Crippen molar-refractivity contribution in [3.63, 3.8) is 0 Å². The molecule has 2 heterocycles. The van der Waals surface area contributed by atoms with Gasteiger partial charge in [-0.2, -0.15) is 5.11 Å². The van der Waals surface area contributed by atoms with Crippen molar-refractivity contribution in [2.75, 3.05) is 24.4 Å². The number of hydrogen-bond acceptors (Lipinski definition) is 8. The number of hydrogen-bond donors (Lipinski definition) is 1. The molecule has 10 nitrogen and oxygen atoms in total. The summed E-state index contributed by atoms with van der Waals surface area (Å²) in [6, 6.07) is 14.2. The van der Waals surface area contributed by atoms with Gasteiger partial charge in [-0.25, -0.2) is 13.4 Å². The van der Waals surface area contributed by atoms with Crippen LogP contribution >= 0.6 is 0 Å². The van der Waals surface area contributed by atoms with Gasteiger partial charge in [0.1, 0.15) is 11.4 Å². The molecule has 2 aliphatic heterocycles. The third-order valence-electron chi connectivity index (χ3n) is 5.28. The number of nitrogens with one attached hydrogen (secondary N) is 1. The van der Waals surface area contributed by atoms with Crippen molar-refractivity contribution >= 4 is 27.0 Å². The maximum absolute atomic E-state index is 12.5. The van der Waals surface area contributed by atoms with Crippen molar-refractivity contribution in [3.8, 4) is 0 Å². The molecule has 1 fully saturated rings. The molecule has 4 rings (SSSR count). The normalized spacial score (nSPS) is 17.5. The Morgan fingerprint density at radius 2 is 1.87 bits per heavy atom. The molecular formula is C20H21N7O3S. The van der Waals surface area contributed by atoms with Crippen LogP contribution in [0.15, 0.2) is 73.8 Å². The van der Waals surface area contributed by atoms with Gasteiger partial charge in [-0.05, 0) is 29.3 Å². The molecule has 0 aromatic heterocycles. The number of ether oxygens (including phenoxy) is 1. The van der Waals surface area contributed by atoms with E-state index in [2.05, 4.69) is 25.6 Å². The van der Waals surface area contributed by atoms with Crippen LogP contribution in [0, 0.1) is 0 Å². The Morgan fingerprint density at radius 3 is 2.68 bits per heavy atom. The molecule has 2 aromatic rings. The van der Waals surface area contributed by atoms with Gasteiger partial charge in [-0.15, -0.1) is 5.11 Å². The van der Waals surface area contributed by atoms with Crippen LogP contribution in [0.3, 0.4) is 0 Å². The first-order chi connectivity index (χ1) is 15.0. The fraction of sp³-hybridized carbons (Fsp3) is 0.350. The van der Waals surface area contributed by atoms with E-state index in [1.807, 2.05) is 24.3 Å². The second-order valence-electron chi connectivity index (χ2n) is 7.25. The molecule has 0 amide bonds. The van der Waals surface area contributed by atoms with E-state index < -0.39 is 21.3 Å². The van der Waals surface area contributed by atoms with Crippen LogP contribution in [-0.2, 0) is 21.1 Å². The van der Waals surface area contributed by atoms with E-state index in [1.54, 1.807) is 18.2 Å². The summed E-state index contributed by atoms with van der Waals surface area (Å²) < 4.78 is 30.5. The highest BCUT2D eigenvalue weighted by molar-refractivity contribution is 7.91. The highest BCUT2D eigenvalue weighted by Crippen LogP contribution is 2.38. The zero-order valence-corrected chi connectivity index (χ0v) is 17.5. The molecule has 0 aliphatic carbocycles. The first kappa shape index (κ1) is 21.0. The van der Waals surface area contributed by atoms with Gasteiger partial charge in [-0.1, -0.05) is 35.4 Å². The average Bonchev–Trinajstić information content (AvgIpc) is 2.79. The lowest BCUT2D eigenvalue weighted by Crippen LogP contribution is -2.51. The van der Waals surface area contributed by atoms with E-state index in [0.717, 1.165) is 11.4 Å².